The Hall–Kier alpha value is -1.25. The summed E-state index contributed by atoms with van der Waals surface area (Å²) in [5.41, 5.74) is 0. The van der Waals surface area contributed by atoms with Crippen LogP contribution in [0.15, 0.2) is 36.4 Å². The summed E-state index contributed by atoms with van der Waals surface area (Å²) >= 11 is 6.28. The monoisotopic (exact) mass is 301 g/mol. The minimum atomic E-state index is 0.336. The number of piperidine rings is 1. The molecule has 2 bridgehead atoms. The molecule has 21 heavy (non-hydrogen) atoms. The summed E-state index contributed by atoms with van der Waals surface area (Å²) in [7, 11) is 2.26. The Balaban J connectivity index is 1.62. The third-order valence-electron chi connectivity index (χ3n) is 5.18. The van der Waals surface area contributed by atoms with Gasteiger partial charge in [0.05, 0.1) is 0 Å². The van der Waals surface area contributed by atoms with E-state index < -0.39 is 0 Å². The Kier molecular flexibility index (Phi) is 3.31. The second-order valence-electron chi connectivity index (χ2n) is 6.35. The predicted octanol–water partition coefficient (Wildman–Crippen LogP) is 4.50. The molecule has 4 rings (SSSR count). The molecule has 2 aliphatic heterocycles. The van der Waals surface area contributed by atoms with Crippen molar-refractivity contribution in [2.24, 2.45) is 0 Å². The standard InChI is InChI=1S/C18H20ClNO/c1-20-12-6-7-13(20)11-14(10-12)21-18-9-8-17(19)15-4-2-3-5-16(15)18/h2-5,8-9,12-14H,6-7,10-11H2,1H3/t12-,13+,14-. The molecular weight excluding hydrogens is 282 g/mol. The summed E-state index contributed by atoms with van der Waals surface area (Å²) in [6.07, 6.45) is 5.27. The second-order valence-corrected chi connectivity index (χ2v) is 6.76. The van der Waals surface area contributed by atoms with Crippen molar-refractivity contribution in [1.82, 2.24) is 4.90 Å². The lowest BCUT2D eigenvalue weighted by Gasteiger charge is -2.36. The maximum atomic E-state index is 6.37. The van der Waals surface area contributed by atoms with Crippen molar-refractivity contribution in [3.05, 3.63) is 41.4 Å². The van der Waals surface area contributed by atoms with Crippen molar-refractivity contribution in [3.63, 3.8) is 0 Å². The fourth-order valence-electron chi connectivity index (χ4n) is 3.97. The van der Waals surface area contributed by atoms with E-state index in [1.54, 1.807) is 0 Å². The molecule has 0 aliphatic carbocycles. The average molecular weight is 302 g/mol. The lowest BCUT2D eigenvalue weighted by atomic mass is 10.0. The van der Waals surface area contributed by atoms with Crippen molar-refractivity contribution in [3.8, 4) is 5.75 Å². The van der Waals surface area contributed by atoms with Gasteiger partial charge in [-0.25, -0.2) is 0 Å². The second kappa shape index (κ2) is 5.19. The van der Waals surface area contributed by atoms with E-state index in [-0.39, 0.29) is 0 Å². The van der Waals surface area contributed by atoms with Crippen molar-refractivity contribution < 1.29 is 4.74 Å². The number of hydrogen-bond acceptors (Lipinski definition) is 2. The van der Waals surface area contributed by atoms with E-state index in [9.17, 15) is 0 Å². The highest BCUT2D eigenvalue weighted by Gasteiger charge is 2.39. The molecule has 0 N–H and O–H groups in total. The van der Waals surface area contributed by atoms with Crippen LogP contribution in [-0.4, -0.2) is 30.1 Å². The molecule has 0 spiro atoms. The first kappa shape index (κ1) is 13.4. The van der Waals surface area contributed by atoms with Crippen LogP contribution in [0.5, 0.6) is 5.75 Å². The van der Waals surface area contributed by atoms with Gasteiger partial charge in [-0.2, -0.15) is 0 Å². The van der Waals surface area contributed by atoms with Crippen LogP contribution < -0.4 is 4.74 Å². The maximum absolute atomic E-state index is 6.37. The van der Waals surface area contributed by atoms with Gasteiger partial charge in [0, 0.05) is 27.9 Å². The zero-order valence-corrected chi connectivity index (χ0v) is 13.0. The number of fused-ring (bicyclic) bond motifs is 3. The summed E-state index contributed by atoms with van der Waals surface area (Å²) in [5, 5.41) is 2.99. The quantitative estimate of drug-likeness (QED) is 0.810. The summed E-state index contributed by atoms with van der Waals surface area (Å²) in [6.45, 7) is 0. The minimum absolute atomic E-state index is 0.336. The van der Waals surface area contributed by atoms with Crippen LogP contribution in [0, 0.1) is 0 Å². The third-order valence-corrected chi connectivity index (χ3v) is 5.51. The van der Waals surface area contributed by atoms with Crippen molar-refractivity contribution >= 4 is 22.4 Å². The molecule has 0 radical (unpaired) electrons. The Morgan fingerprint density at radius 1 is 1.00 bits per heavy atom. The highest BCUT2D eigenvalue weighted by molar-refractivity contribution is 6.35. The Labute approximate surface area is 130 Å². The van der Waals surface area contributed by atoms with Crippen LogP contribution in [0.4, 0.5) is 0 Å². The van der Waals surface area contributed by atoms with Crippen molar-refractivity contribution in [1.29, 1.82) is 0 Å². The molecule has 0 aromatic heterocycles. The lowest BCUT2D eigenvalue weighted by molar-refractivity contribution is 0.0671. The van der Waals surface area contributed by atoms with Crippen LogP contribution in [0.1, 0.15) is 25.7 Å². The van der Waals surface area contributed by atoms with E-state index in [1.807, 2.05) is 24.3 Å². The molecule has 0 saturated carbocycles. The fraction of sp³-hybridized carbons (Fsp3) is 0.444. The molecule has 2 saturated heterocycles. The van der Waals surface area contributed by atoms with Crippen LogP contribution in [-0.2, 0) is 0 Å². The van der Waals surface area contributed by atoms with Crippen LogP contribution in [0.2, 0.25) is 5.02 Å². The molecule has 2 aromatic carbocycles. The normalized spacial score (nSPS) is 29.0. The van der Waals surface area contributed by atoms with E-state index in [0.29, 0.717) is 18.2 Å². The van der Waals surface area contributed by atoms with Gasteiger partial charge in [0.25, 0.3) is 0 Å². The van der Waals surface area contributed by atoms with Crippen LogP contribution in [0.3, 0.4) is 0 Å². The zero-order chi connectivity index (χ0) is 14.4. The van der Waals surface area contributed by atoms with Gasteiger partial charge in [0.15, 0.2) is 0 Å². The molecule has 110 valence electrons. The number of rotatable bonds is 2. The molecule has 2 fully saturated rings. The van der Waals surface area contributed by atoms with E-state index in [2.05, 4.69) is 24.1 Å². The summed E-state index contributed by atoms with van der Waals surface area (Å²) in [6, 6.07) is 13.6. The largest absolute Gasteiger partial charge is 0.490 e. The summed E-state index contributed by atoms with van der Waals surface area (Å²) in [5.74, 6) is 0.976. The van der Waals surface area contributed by atoms with Gasteiger partial charge < -0.3 is 9.64 Å². The first-order valence-electron chi connectivity index (χ1n) is 7.78. The Morgan fingerprint density at radius 2 is 1.67 bits per heavy atom. The van der Waals surface area contributed by atoms with Gasteiger partial charge in [0.1, 0.15) is 11.9 Å². The Morgan fingerprint density at radius 3 is 2.38 bits per heavy atom. The van der Waals surface area contributed by atoms with E-state index >= 15 is 0 Å². The first-order chi connectivity index (χ1) is 10.2. The average Bonchev–Trinajstić information content (AvgIpc) is 2.73. The molecular formula is C18H20ClNO. The molecule has 2 aliphatic rings. The number of ether oxygens (including phenoxy) is 1. The molecule has 0 unspecified atom stereocenters. The minimum Gasteiger partial charge on any atom is -0.490 e. The zero-order valence-electron chi connectivity index (χ0n) is 12.3. The molecule has 3 heteroatoms. The molecule has 3 atom stereocenters. The van der Waals surface area contributed by atoms with Gasteiger partial charge in [-0.05, 0) is 44.9 Å². The van der Waals surface area contributed by atoms with Crippen molar-refractivity contribution in [2.75, 3.05) is 7.05 Å². The summed E-state index contributed by atoms with van der Waals surface area (Å²) < 4.78 is 6.37. The van der Waals surface area contributed by atoms with Gasteiger partial charge in [0.2, 0.25) is 0 Å². The van der Waals surface area contributed by atoms with Crippen LogP contribution >= 0.6 is 11.6 Å². The first-order valence-corrected chi connectivity index (χ1v) is 8.16. The molecule has 0 amide bonds. The van der Waals surface area contributed by atoms with Crippen molar-refractivity contribution in [2.45, 2.75) is 43.9 Å². The predicted molar refractivity (Wildman–Crippen MR) is 87.2 cm³/mol. The van der Waals surface area contributed by atoms with E-state index in [1.165, 1.54) is 12.8 Å². The fourth-order valence-corrected chi connectivity index (χ4v) is 4.20. The van der Waals surface area contributed by atoms with E-state index in [0.717, 1.165) is 34.4 Å². The van der Waals surface area contributed by atoms with Gasteiger partial charge in [-0.1, -0.05) is 35.9 Å². The van der Waals surface area contributed by atoms with Crippen LogP contribution in [0.25, 0.3) is 10.8 Å². The van der Waals surface area contributed by atoms with E-state index in [4.69, 9.17) is 16.3 Å². The summed E-state index contributed by atoms with van der Waals surface area (Å²) in [4.78, 5) is 2.54. The smallest absolute Gasteiger partial charge is 0.127 e. The third kappa shape index (κ3) is 2.31. The van der Waals surface area contributed by atoms with Gasteiger partial charge in [-0.3, -0.25) is 0 Å². The number of nitrogens with zero attached hydrogens (tertiary/aromatic N) is 1. The highest BCUT2D eigenvalue weighted by Crippen LogP contribution is 2.38. The molecule has 2 aromatic rings. The number of hydrogen-bond donors (Lipinski definition) is 0. The molecule has 2 nitrogen and oxygen atoms in total. The number of benzene rings is 2. The lowest BCUT2D eigenvalue weighted by Crippen LogP contribution is -2.43. The topological polar surface area (TPSA) is 12.5 Å². The van der Waals surface area contributed by atoms with Gasteiger partial charge in [-0.15, -0.1) is 0 Å². The molecule has 2 heterocycles. The maximum Gasteiger partial charge on any atom is 0.127 e. The van der Waals surface area contributed by atoms with Gasteiger partial charge >= 0.3 is 0 Å². The highest BCUT2D eigenvalue weighted by atomic mass is 35.5. The SMILES string of the molecule is CN1[C@@H]2CC[C@H]1C[C@H](Oc1ccc(Cl)c3ccccc13)C2. The Bertz CT molecular complexity index is 657. The number of halogens is 1.